The number of hydrogen-bond donors (Lipinski definition) is 0. The maximum Gasteiger partial charge on any atom is 0.186 e. The van der Waals surface area contributed by atoms with Gasteiger partial charge in [-0.3, -0.25) is 0 Å². The van der Waals surface area contributed by atoms with Crippen LogP contribution in [-0.4, -0.2) is 18.1 Å². The summed E-state index contributed by atoms with van der Waals surface area (Å²) in [6, 6.07) is 5.35. The number of anilines is 1. The molecule has 0 N–H and O–H groups in total. The zero-order chi connectivity index (χ0) is 13.8. The monoisotopic (exact) mass is 280 g/mol. The third-order valence-electron chi connectivity index (χ3n) is 3.43. The standard InChI is InChI=1S/C15H21FN2S/c1-4-6-12(7-5-2)18(3)15-17-13-10-11(16)8-9-14(13)19-15/h8-10,12H,4-7H2,1-3H3. The Morgan fingerprint density at radius 3 is 2.58 bits per heavy atom. The Hall–Kier alpha value is -1.16. The lowest BCUT2D eigenvalue weighted by Crippen LogP contribution is -2.31. The molecule has 2 rings (SSSR count). The molecule has 0 amide bonds. The van der Waals surface area contributed by atoms with Crippen LogP contribution in [0.15, 0.2) is 18.2 Å². The van der Waals surface area contributed by atoms with Gasteiger partial charge in [-0.1, -0.05) is 38.0 Å². The topological polar surface area (TPSA) is 16.1 Å². The normalized spacial score (nSPS) is 11.4. The third kappa shape index (κ3) is 3.24. The van der Waals surface area contributed by atoms with Crippen LogP contribution in [0, 0.1) is 5.82 Å². The van der Waals surface area contributed by atoms with Crippen LogP contribution in [0.25, 0.3) is 10.2 Å². The highest BCUT2D eigenvalue weighted by atomic mass is 32.1. The van der Waals surface area contributed by atoms with Crippen molar-refractivity contribution in [1.29, 1.82) is 0 Å². The van der Waals surface area contributed by atoms with Crippen LogP contribution < -0.4 is 4.90 Å². The number of fused-ring (bicyclic) bond motifs is 1. The van der Waals surface area contributed by atoms with Crippen LogP contribution in [0.3, 0.4) is 0 Å². The zero-order valence-corrected chi connectivity index (χ0v) is 12.6. The van der Waals surface area contributed by atoms with Gasteiger partial charge in [-0.05, 0) is 25.0 Å². The molecule has 4 heteroatoms. The summed E-state index contributed by atoms with van der Waals surface area (Å²) in [6.45, 7) is 4.43. The van der Waals surface area contributed by atoms with Crippen molar-refractivity contribution in [3.05, 3.63) is 24.0 Å². The lowest BCUT2D eigenvalue weighted by molar-refractivity contribution is 0.527. The Labute approximate surface area is 118 Å². The number of rotatable bonds is 6. The van der Waals surface area contributed by atoms with Crippen molar-refractivity contribution >= 4 is 26.7 Å². The fourth-order valence-corrected chi connectivity index (χ4v) is 3.37. The first-order chi connectivity index (χ1) is 9.15. The van der Waals surface area contributed by atoms with Crippen LogP contribution in [0.1, 0.15) is 39.5 Å². The van der Waals surface area contributed by atoms with Crippen LogP contribution >= 0.6 is 11.3 Å². The average molecular weight is 280 g/mol. The van der Waals surface area contributed by atoms with E-state index in [1.165, 1.54) is 37.8 Å². The average Bonchev–Trinajstić information content (AvgIpc) is 2.80. The van der Waals surface area contributed by atoms with Crippen LogP contribution in [0.5, 0.6) is 0 Å². The van der Waals surface area contributed by atoms with Crippen molar-refractivity contribution in [2.45, 2.75) is 45.6 Å². The van der Waals surface area contributed by atoms with Crippen LogP contribution in [0.2, 0.25) is 0 Å². The molecule has 2 aromatic rings. The molecule has 19 heavy (non-hydrogen) atoms. The van der Waals surface area contributed by atoms with E-state index in [9.17, 15) is 4.39 Å². The van der Waals surface area contributed by atoms with E-state index in [2.05, 4.69) is 30.8 Å². The Bertz CT molecular complexity index is 532. The predicted octanol–water partition coefficient (Wildman–Crippen LogP) is 4.84. The lowest BCUT2D eigenvalue weighted by Gasteiger charge is -2.27. The molecule has 0 aliphatic rings. The highest BCUT2D eigenvalue weighted by molar-refractivity contribution is 7.22. The van der Waals surface area contributed by atoms with Gasteiger partial charge >= 0.3 is 0 Å². The van der Waals surface area contributed by atoms with Crippen molar-refractivity contribution in [1.82, 2.24) is 4.98 Å². The molecule has 1 aromatic heterocycles. The number of benzene rings is 1. The van der Waals surface area contributed by atoms with E-state index < -0.39 is 0 Å². The molecule has 0 saturated carbocycles. The fraction of sp³-hybridized carbons (Fsp3) is 0.533. The van der Waals surface area contributed by atoms with Crippen LogP contribution in [0.4, 0.5) is 9.52 Å². The van der Waals surface area contributed by atoms with Crippen molar-refractivity contribution in [2.24, 2.45) is 0 Å². The molecule has 0 aliphatic carbocycles. The summed E-state index contributed by atoms with van der Waals surface area (Å²) < 4.78 is 14.2. The first-order valence-electron chi connectivity index (χ1n) is 6.94. The van der Waals surface area contributed by atoms with E-state index in [0.717, 1.165) is 15.3 Å². The number of nitrogens with zero attached hydrogens (tertiary/aromatic N) is 2. The molecular weight excluding hydrogens is 259 g/mol. The molecule has 0 radical (unpaired) electrons. The van der Waals surface area contributed by atoms with Crippen molar-refractivity contribution in [3.8, 4) is 0 Å². The van der Waals surface area contributed by atoms with Gasteiger partial charge in [-0.25, -0.2) is 9.37 Å². The molecule has 104 valence electrons. The predicted molar refractivity (Wildman–Crippen MR) is 81.6 cm³/mol. The van der Waals surface area contributed by atoms with E-state index in [0.29, 0.717) is 6.04 Å². The summed E-state index contributed by atoms with van der Waals surface area (Å²) in [7, 11) is 2.10. The van der Waals surface area contributed by atoms with E-state index in [4.69, 9.17) is 0 Å². The molecule has 0 bridgehead atoms. The zero-order valence-electron chi connectivity index (χ0n) is 11.8. The largest absolute Gasteiger partial charge is 0.348 e. The maximum absolute atomic E-state index is 13.2. The molecule has 0 aliphatic heterocycles. The van der Waals surface area contributed by atoms with E-state index in [-0.39, 0.29) is 5.82 Å². The lowest BCUT2D eigenvalue weighted by atomic mass is 10.1. The summed E-state index contributed by atoms with van der Waals surface area (Å²) in [4.78, 5) is 6.82. The van der Waals surface area contributed by atoms with E-state index in [1.54, 1.807) is 11.3 Å². The number of halogens is 1. The SMILES string of the molecule is CCCC(CCC)N(C)c1nc2cc(F)ccc2s1. The van der Waals surface area contributed by atoms with Crippen molar-refractivity contribution in [3.63, 3.8) is 0 Å². The Kier molecular flexibility index (Phi) is 4.75. The third-order valence-corrected chi connectivity index (χ3v) is 4.56. The second-order valence-electron chi connectivity index (χ2n) is 4.95. The summed E-state index contributed by atoms with van der Waals surface area (Å²) in [5, 5.41) is 0.993. The smallest absolute Gasteiger partial charge is 0.186 e. The maximum atomic E-state index is 13.2. The molecule has 0 saturated heterocycles. The van der Waals surface area contributed by atoms with Gasteiger partial charge < -0.3 is 4.90 Å². The van der Waals surface area contributed by atoms with Gasteiger partial charge in [0.05, 0.1) is 10.2 Å². The Morgan fingerprint density at radius 2 is 1.95 bits per heavy atom. The Balaban J connectivity index is 2.26. The summed E-state index contributed by atoms with van der Waals surface area (Å²) >= 11 is 1.64. The molecule has 0 unspecified atom stereocenters. The fourth-order valence-electron chi connectivity index (χ4n) is 2.39. The quantitative estimate of drug-likeness (QED) is 0.752. The van der Waals surface area contributed by atoms with Gasteiger partial charge in [0.25, 0.3) is 0 Å². The minimum atomic E-state index is -0.217. The van der Waals surface area contributed by atoms with E-state index >= 15 is 0 Å². The van der Waals surface area contributed by atoms with Gasteiger partial charge in [-0.2, -0.15) is 0 Å². The van der Waals surface area contributed by atoms with Crippen molar-refractivity contribution in [2.75, 3.05) is 11.9 Å². The second kappa shape index (κ2) is 6.33. The van der Waals surface area contributed by atoms with Gasteiger partial charge in [0.15, 0.2) is 5.13 Å². The number of aromatic nitrogens is 1. The van der Waals surface area contributed by atoms with Gasteiger partial charge in [0, 0.05) is 19.2 Å². The minimum absolute atomic E-state index is 0.217. The molecular formula is C15H21FN2S. The van der Waals surface area contributed by atoms with Gasteiger partial charge in [0.1, 0.15) is 5.82 Å². The first kappa shape index (κ1) is 14.3. The second-order valence-corrected chi connectivity index (χ2v) is 5.96. The van der Waals surface area contributed by atoms with E-state index in [1.807, 2.05) is 6.07 Å². The summed E-state index contributed by atoms with van der Waals surface area (Å²) in [6.07, 6.45) is 4.70. The molecule has 1 aromatic carbocycles. The molecule has 1 heterocycles. The summed E-state index contributed by atoms with van der Waals surface area (Å²) in [5.74, 6) is -0.217. The molecule has 0 spiro atoms. The van der Waals surface area contributed by atoms with Crippen LogP contribution in [-0.2, 0) is 0 Å². The highest BCUT2D eigenvalue weighted by Crippen LogP contribution is 2.31. The first-order valence-corrected chi connectivity index (χ1v) is 7.76. The summed E-state index contributed by atoms with van der Waals surface area (Å²) in [5.41, 5.74) is 0.763. The number of thiazole rings is 1. The van der Waals surface area contributed by atoms with Crippen molar-refractivity contribution < 1.29 is 4.39 Å². The highest BCUT2D eigenvalue weighted by Gasteiger charge is 2.17. The molecule has 0 atom stereocenters. The minimum Gasteiger partial charge on any atom is -0.348 e. The van der Waals surface area contributed by atoms with Gasteiger partial charge in [-0.15, -0.1) is 0 Å². The number of hydrogen-bond acceptors (Lipinski definition) is 3. The molecule has 2 nitrogen and oxygen atoms in total. The Morgan fingerprint density at radius 1 is 1.26 bits per heavy atom. The van der Waals surface area contributed by atoms with Gasteiger partial charge in [0.2, 0.25) is 0 Å². The molecule has 0 fully saturated rings.